The molecule has 0 saturated carbocycles. The van der Waals surface area contributed by atoms with Crippen molar-refractivity contribution in [1.29, 1.82) is 0 Å². The lowest BCUT2D eigenvalue weighted by Crippen LogP contribution is -2.22. The monoisotopic (exact) mass is 268 g/mol. The minimum Gasteiger partial charge on any atom is -0.394 e. The number of benzene rings is 1. The maximum Gasteiger partial charge on any atom is 0.103 e. The number of methoxy groups -OCH3 is 1. The predicted octanol–water partition coefficient (Wildman–Crippen LogP) is 2.01. The van der Waals surface area contributed by atoms with Gasteiger partial charge < -0.3 is 19.3 Å². The first kappa shape index (κ1) is 16.1. The molecular weight excluding hydrogens is 244 g/mol. The third-order valence-electron chi connectivity index (χ3n) is 2.78. The first-order valence-corrected chi connectivity index (χ1v) is 6.70. The van der Waals surface area contributed by atoms with Gasteiger partial charge in [0, 0.05) is 20.3 Å². The van der Waals surface area contributed by atoms with Gasteiger partial charge in [0.1, 0.15) is 6.10 Å². The van der Waals surface area contributed by atoms with Gasteiger partial charge in [0.15, 0.2) is 0 Å². The standard InChI is InChI=1S/C15H24O4/c1-17-15(11-16)13-19-10-6-5-9-18-12-14-7-3-2-4-8-14/h2-4,7-8,15-16H,5-6,9-13H2,1H3. The molecule has 0 fully saturated rings. The highest BCUT2D eigenvalue weighted by atomic mass is 16.5. The number of aliphatic hydroxyl groups excluding tert-OH is 1. The van der Waals surface area contributed by atoms with Crippen LogP contribution >= 0.6 is 0 Å². The van der Waals surface area contributed by atoms with Gasteiger partial charge >= 0.3 is 0 Å². The lowest BCUT2D eigenvalue weighted by Gasteiger charge is -2.12. The topological polar surface area (TPSA) is 47.9 Å². The Morgan fingerprint density at radius 1 is 1.05 bits per heavy atom. The van der Waals surface area contributed by atoms with Crippen LogP contribution in [0.4, 0.5) is 0 Å². The molecule has 0 aliphatic heterocycles. The van der Waals surface area contributed by atoms with E-state index in [1.165, 1.54) is 5.56 Å². The molecule has 1 N–H and O–H groups in total. The summed E-state index contributed by atoms with van der Waals surface area (Å²) < 4.78 is 16.0. The fraction of sp³-hybridized carbons (Fsp3) is 0.600. The van der Waals surface area contributed by atoms with E-state index in [-0.39, 0.29) is 12.7 Å². The first-order valence-electron chi connectivity index (χ1n) is 6.70. The van der Waals surface area contributed by atoms with Crippen LogP contribution in [0.2, 0.25) is 0 Å². The summed E-state index contributed by atoms with van der Waals surface area (Å²) >= 11 is 0. The first-order chi connectivity index (χ1) is 9.36. The predicted molar refractivity (Wildman–Crippen MR) is 74.0 cm³/mol. The third-order valence-corrected chi connectivity index (χ3v) is 2.78. The van der Waals surface area contributed by atoms with E-state index in [4.69, 9.17) is 19.3 Å². The zero-order valence-electron chi connectivity index (χ0n) is 11.6. The maximum atomic E-state index is 8.88. The molecule has 108 valence electrons. The fourth-order valence-corrected chi connectivity index (χ4v) is 1.58. The van der Waals surface area contributed by atoms with E-state index in [0.29, 0.717) is 19.8 Å². The van der Waals surface area contributed by atoms with Crippen LogP contribution in [0.3, 0.4) is 0 Å². The van der Waals surface area contributed by atoms with E-state index in [1.807, 2.05) is 18.2 Å². The second-order valence-electron chi connectivity index (χ2n) is 4.36. The van der Waals surface area contributed by atoms with E-state index in [0.717, 1.165) is 19.4 Å². The lowest BCUT2D eigenvalue weighted by molar-refractivity contribution is -0.0215. The highest BCUT2D eigenvalue weighted by molar-refractivity contribution is 5.13. The van der Waals surface area contributed by atoms with E-state index >= 15 is 0 Å². The molecule has 1 unspecified atom stereocenters. The number of unbranched alkanes of at least 4 members (excludes halogenated alkanes) is 1. The van der Waals surface area contributed by atoms with Crippen molar-refractivity contribution < 1.29 is 19.3 Å². The van der Waals surface area contributed by atoms with Gasteiger partial charge in [-0.15, -0.1) is 0 Å². The zero-order chi connectivity index (χ0) is 13.8. The van der Waals surface area contributed by atoms with Crippen LogP contribution < -0.4 is 0 Å². The fourth-order valence-electron chi connectivity index (χ4n) is 1.58. The van der Waals surface area contributed by atoms with Crippen molar-refractivity contribution in [3.05, 3.63) is 35.9 Å². The van der Waals surface area contributed by atoms with Crippen LogP contribution in [0, 0.1) is 0 Å². The Labute approximate surface area is 115 Å². The molecular formula is C15H24O4. The van der Waals surface area contributed by atoms with E-state index in [9.17, 15) is 0 Å². The Hall–Kier alpha value is -0.940. The molecule has 0 spiro atoms. The highest BCUT2D eigenvalue weighted by Crippen LogP contribution is 2.01. The van der Waals surface area contributed by atoms with Gasteiger partial charge in [-0.2, -0.15) is 0 Å². The Kier molecular flexibility index (Phi) is 9.27. The summed E-state index contributed by atoms with van der Waals surface area (Å²) in [6.07, 6.45) is 1.72. The van der Waals surface area contributed by atoms with E-state index in [2.05, 4.69) is 12.1 Å². The van der Waals surface area contributed by atoms with Gasteiger partial charge in [0.2, 0.25) is 0 Å². The van der Waals surface area contributed by atoms with Crippen LogP contribution in [-0.4, -0.2) is 44.7 Å². The average molecular weight is 268 g/mol. The summed E-state index contributed by atoms with van der Waals surface area (Å²) in [5, 5.41) is 8.88. The molecule has 0 aromatic heterocycles. The molecule has 1 aromatic rings. The molecule has 0 radical (unpaired) electrons. The minimum absolute atomic E-state index is 0.00329. The van der Waals surface area contributed by atoms with Crippen LogP contribution in [0.15, 0.2) is 30.3 Å². The molecule has 0 aliphatic carbocycles. The molecule has 0 amide bonds. The maximum absolute atomic E-state index is 8.88. The molecule has 1 rings (SSSR count). The number of hydrogen-bond acceptors (Lipinski definition) is 4. The van der Waals surface area contributed by atoms with E-state index in [1.54, 1.807) is 7.11 Å². The number of aliphatic hydroxyl groups is 1. The van der Waals surface area contributed by atoms with Gasteiger partial charge in [-0.05, 0) is 18.4 Å². The van der Waals surface area contributed by atoms with Crippen molar-refractivity contribution in [2.24, 2.45) is 0 Å². The van der Waals surface area contributed by atoms with Crippen molar-refractivity contribution >= 4 is 0 Å². The summed E-state index contributed by atoms with van der Waals surface area (Å²) in [7, 11) is 1.57. The minimum atomic E-state index is -0.214. The number of hydrogen-bond donors (Lipinski definition) is 1. The molecule has 0 bridgehead atoms. The normalized spacial score (nSPS) is 12.5. The number of ether oxygens (including phenoxy) is 3. The van der Waals surface area contributed by atoms with Crippen molar-refractivity contribution in [3.8, 4) is 0 Å². The molecule has 4 heteroatoms. The van der Waals surface area contributed by atoms with Crippen LogP contribution in [0.25, 0.3) is 0 Å². The third kappa shape index (κ3) is 7.95. The average Bonchev–Trinajstić information content (AvgIpc) is 2.47. The molecule has 0 heterocycles. The number of rotatable bonds is 11. The van der Waals surface area contributed by atoms with Crippen LogP contribution in [-0.2, 0) is 20.8 Å². The summed E-state index contributed by atoms with van der Waals surface area (Å²) in [6.45, 7) is 2.52. The Morgan fingerprint density at radius 2 is 1.74 bits per heavy atom. The SMILES string of the molecule is COC(CO)COCCCCOCc1ccccc1. The van der Waals surface area contributed by atoms with Crippen molar-refractivity contribution in [3.63, 3.8) is 0 Å². The van der Waals surface area contributed by atoms with Gasteiger partial charge in [0.05, 0.1) is 19.8 Å². The zero-order valence-corrected chi connectivity index (χ0v) is 11.6. The molecule has 4 nitrogen and oxygen atoms in total. The smallest absolute Gasteiger partial charge is 0.103 e. The van der Waals surface area contributed by atoms with Gasteiger partial charge in [-0.25, -0.2) is 0 Å². The van der Waals surface area contributed by atoms with Gasteiger partial charge in [-0.1, -0.05) is 30.3 Å². The quantitative estimate of drug-likeness (QED) is 0.624. The van der Waals surface area contributed by atoms with Crippen molar-refractivity contribution in [2.45, 2.75) is 25.6 Å². The summed E-state index contributed by atoms with van der Waals surface area (Å²) in [5.74, 6) is 0. The summed E-state index contributed by atoms with van der Waals surface area (Å²) in [4.78, 5) is 0. The molecule has 1 aromatic carbocycles. The molecule has 0 aliphatic rings. The van der Waals surface area contributed by atoms with E-state index < -0.39 is 0 Å². The molecule has 19 heavy (non-hydrogen) atoms. The summed E-state index contributed by atoms with van der Waals surface area (Å²) in [6, 6.07) is 10.1. The Bertz CT molecular complexity index is 298. The Balaban J connectivity index is 1.89. The molecule has 1 atom stereocenters. The largest absolute Gasteiger partial charge is 0.394 e. The summed E-state index contributed by atoms with van der Waals surface area (Å²) in [5.41, 5.74) is 1.20. The van der Waals surface area contributed by atoms with Crippen molar-refractivity contribution in [2.75, 3.05) is 33.5 Å². The lowest BCUT2D eigenvalue weighted by atomic mass is 10.2. The Morgan fingerprint density at radius 3 is 2.37 bits per heavy atom. The second-order valence-corrected chi connectivity index (χ2v) is 4.36. The molecule has 0 saturated heterocycles. The van der Waals surface area contributed by atoms with Crippen molar-refractivity contribution in [1.82, 2.24) is 0 Å². The van der Waals surface area contributed by atoms with Crippen LogP contribution in [0.1, 0.15) is 18.4 Å². The van der Waals surface area contributed by atoms with Gasteiger partial charge in [-0.3, -0.25) is 0 Å². The highest BCUT2D eigenvalue weighted by Gasteiger charge is 2.04. The van der Waals surface area contributed by atoms with Gasteiger partial charge in [0.25, 0.3) is 0 Å². The second kappa shape index (κ2) is 10.9. The van der Waals surface area contributed by atoms with Crippen LogP contribution in [0.5, 0.6) is 0 Å².